The number of carbonyl (C=O) groups is 2. The summed E-state index contributed by atoms with van der Waals surface area (Å²) in [5, 5.41) is 0. The Labute approximate surface area is 202 Å². The molecule has 0 bridgehead atoms. The molecule has 1 saturated heterocycles. The standard InChI is InChI=1S/C27H28F3NO4/c1-16-10-19(12-21(11-16)27(28,29)30)25-17(2)31(26(33)35-25)14-18-6-4-5-7-23(18)24-9-8-22(34-3)13-20(24)15-32/h8-13,15,17,25H,4-7,14H2,1-3H3/t17-,25-/m0/s1. The number of hydrogen-bond donors (Lipinski definition) is 0. The van der Waals surface area contributed by atoms with Crippen LogP contribution in [0.1, 0.15) is 71.3 Å². The highest BCUT2D eigenvalue weighted by molar-refractivity contribution is 5.87. The molecule has 2 aliphatic rings. The summed E-state index contributed by atoms with van der Waals surface area (Å²) in [6.45, 7) is 3.68. The molecule has 0 aromatic heterocycles. The van der Waals surface area contributed by atoms with E-state index < -0.39 is 30.0 Å². The van der Waals surface area contributed by atoms with Crippen molar-refractivity contribution in [2.45, 2.75) is 57.9 Å². The summed E-state index contributed by atoms with van der Waals surface area (Å²) >= 11 is 0. The molecule has 5 nitrogen and oxygen atoms in total. The molecule has 186 valence electrons. The van der Waals surface area contributed by atoms with Crippen LogP contribution in [0.5, 0.6) is 5.75 Å². The summed E-state index contributed by atoms with van der Waals surface area (Å²) in [5.41, 5.74) is 3.43. The SMILES string of the molecule is COc1ccc(C2=C(CN3C(=O)O[C@H](c4cc(C)cc(C(F)(F)F)c4)[C@@H]3C)CCCC2)c(C=O)c1. The molecular weight excluding hydrogens is 459 g/mol. The van der Waals surface area contributed by atoms with E-state index in [1.165, 1.54) is 7.11 Å². The second kappa shape index (κ2) is 9.76. The average Bonchev–Trinajstić information content (AvgIpc) is 3.11. The van der Waals surface area contributed by atoms with Crippen LogP contribution in [0, 0.1) is 6.92 Å². The fourth-order valence-corrected chi connectivity index (χ4v) is 5.01. The van der Waals surface area contributed by atoms with Crippen LogP contribution >= 0.6 is 0 Å². The van der Waals surface area contributed by atoms with Gasteiger partial charge in [-0.2, -0.15) is 13.2 Å². The number of halogens is 3. The van der Waals surface area contributed by atoms with Crippen molar-refractivity contribution in [1.29, 1.82) is 0 Å². The zero-order valence-corrected chi connectivity index (χ0v) is 19.9. The molecular formula is C27H28F3NO4. The summed E-state index contributed by atoms with van der Waals surface area (Å²) in [6.07, 6.45) is -1.57. The van der Waals surface area contributed by atoms with Crippen LogP contribution in [0.4, 0.5) is 18.0 Å². The fraction of sp³-hybridized carbons (Fsp3) is 0.407. The number of allylic oxidation sites excluding steroid dienone is 1. The van der Waals surface area contributed by atoms with Gasteiger partial charge in [0.25, 0.3) is 0 Å². The molecule has 8 heteroatoms. The number of amides is 1. The zero-order chi connectivity index (χ0) is 25.3. The molecule has 0 N–H and O–H groups in total. The van der Waals surface area contributed by atoms with Gasteiger partial charge in [-0.05, 0) is 86.1 Å². The Balaban J connectivity index is 1.65. The number of nitrogens with zero attached hydrogens (tertiary/aromatic N) is 1. The first-order valence-electron chi connectivity index (χ1n) is 11.6. The molecule has 0 saturated carbocycles. The molecule has 35 heavy (non-hydrogen) atoms. The highest BCUT2D eigenvalue weighted by Gasteiger charge is 2.41. The predicted molar refractivity (Wildman–Crippen MR) is 125 cm³/mol. The highest BCUT2D eigenvalue weighted by Crippen LogP contribution is 2.40. The topological polar surface area (TPSA) is 55.8 Å². The number of ether oxygens (including phenoxy) is 2. The molecule has 4 rings (SSSR count). The maximum atomic E-state index is 13.4. The Kier molecular flexibility index (Phi) is 6.92. The van der Waals surface area contributed by atoms with E-state index >= 15 is 0 Å². The third-order valence-corrected chi connectivity index (χ3v) is 6.80. The number of hydrogen-bond acceptors (Lipinski definition) is 4. The monoisotopic (exact) mass is 487 g/mol. The number of methoxy groups -OCH3 is 1. The molecule has 1 aliphatic heterocycles. The first kappa shape index (κ1) is 24.8. The number of aryl methyl sites for hydroxylation is 1. The average molecular weight is 488 g/mol. The Bertz CT molecular complexity index is 1170. The molecule has 0 unspecified atom stereocenters. The lowest BCUT2D eigenvalue weighted by molar-refractivity contribution is -0.137. The lowest BCUT2D eigenvalue weighted by atomic mass is 9.85. The summed E-state index contributed by atoms with van der Waals surface area (Å²) in [6, 6.07) is 8.68. The van der Waals surface area contributed by atoms with Gasteiger partial charge in [-0.3, -0.25) is 9.69 Å². The van der Waals surface area contributed by atoms with Crippen molar-refractivity contribution in [1.82, 2.24) is 4.90 Å². The van der Waals surface area contributed by atoms with Gasteiger partial charge in [0.15, 0.2) is 6.29 Å². The molecule has 1 heterocycles. The van der Waals surface area contributed by atoms with E-state index in [9.17, 15) is 22.8 Å². The van der Waals surface area contributed by atoms with E-state index in [2.05, 4.69) is 0 Å². The molecule has 2 aromatic carbocycles. The Morgan fingerprint density at radius 2 is 1.89 bits per heavy atom. The number of aldehydes is 1. The van der Waals surface area contributed by atoms with Crippen molar-refractivity contribution in [2.75, 3.05) is 13.7 Å². The van der Waals surface area contributed by atoms with E-state index in [1.54, 1.807) is 36.9 Å². The van der Waals surface area contributed by atoms with Crippen LogP contribution < -0.4 is 4.74 Å². The van der Waals surface area contributed by atoms with Gasteiger partial charge in [0, 0.05) is 12.1 Å². The normalized spacial score (nSPS) is 20.7. The van der Waals surface area contributed by atoms with Crippen molar-refractivity contribution < 1.29 is 32.2 Å². The zero-order valence-electron chi connectivity index (χ0n) is 19.9. The van der Waals surface area contributed by atoms with E-state index in [0.717, 1.165) is 60.8 Å². The minimum Gasteiger partial charge on any atom is -0.497 e. The van der Waals surface area contributed by atoms with Crippen molar-refractivity contribution in [2.24, 2.45) is 0 Å². The van der Waals surface area contributed by atoms with Crippen LogP contribution in [-0.2, 0) is 10.9 Å². The Morgan fingerprint density at radius 3 is 2.57 bits per heavy atom. The van der Waals surface area contributed by atoms with Crippen molar-refractivity contribution in [3.63, 3.8) is 0 Å². The molecule has 0 spiro atoms. The first-order chi connectivity index (χ1) is 16.6. The van der Waals surface area contributed by atoms with Crippen LogP contribution in [-0.4, -0.2) is 37.0 Å². The summed E-state index contributed by atoms with van der Waals surface area (Å²) < 4.78 is 50.9. The molecule has 2 aromatic rings. The summed E-state index contributed by atoms with van der Waals surface area (Å²) in [7, 11) is 1.54. The second-order valence-electron chi connectivity index (χ2n) is 9.16. The van der Waals surface area contributed by atoms with Crippen LogP contribution in [0.3, 0.4) is 0 Å². The van der Waals surface area contributed by atoms with Gasteiger partial charge in [0.1, 0.15) is 11.9 Å². The molecule has 1 amide bonds. The predicted octanol–water partition coefficient (Wildman–Crippen LogP) is 6.74. The van der Waals surface area contributed by atoms with Gasteiger partial charge in [0.2, 0.25) is 0 Å². The summed E-state index contributed by atoms with van der Waals surface area (Å²) in [5.74, 6) is 0.588. The second-order valence-corrected chi connectivity index (χ2v) is 9.16. The largest absolute Gasteiger partial charge is 0.497 e. The quantitative estimate of drug-likeness (QED) is 0.423. The smallest absolute Gasteiger partial charge is 0.416 e. The van der Waals surface area contributed by atoms with Crippen molar-refractivity contribution in [3.8, 4) is 5.75 Å². The Morgan fingerprint density at radius 1 is 1.14 bits per heavy atom. The lowest BCUT2D eigenvalue weighted by Crippen LogP contribution is -2.34. The van der Waals surface area contributed by atoms with Gasteiger partial charge < -0.3 is 9.47 Å². The van der Waals surface area contributed by atoms with Crippen LogP contribution in [0.2, 0.25) is 0 Å². The number of cyclic esters (lactones) is 1. The van der Waals surface area contributed by atoms with E-state index in [0.29, 0.717) is 29.0 Å². The maximum Gasteiger partial charge on any atom is 0.416 e. The fourth-order valence-electron chi connectivity index (χ4n) is 5.01. The van der Waals surface area contributed by atoms with E-state index in [-0.39, 0.29) is 0 Å². The first-order valence-corrected chi connectivity index (χ1v) is 11.6. The van der Waals surface area contributed by atoms with Crippen molar-refractivity contribution >= 4 is 18.0 Å². The maximum absolute atomic E-state index is 13.4. The number of alkyl halides is 3. The lowest BCUT2D eigenvalue weighted by Gasteiger charge is -2.27. The minimum atomic E-state index is -4.48. The summed E-state index contributed by atoms with van der Waals surface area (Å²) in [4.78, 5) is 26.2. The number of carbonyl (C=O) groups excluding carboxylic acids is 2. The van der Waals surface area contributed by atoms with Gasteiger partial charge in [0.05, 0.1) is 18.7 Å². The molecule has 1 aliphatic carbocycles. The van der Waals surface area contributed by atoms with Gasteiger partial charge in [-0.1, -0.05) is 17.7 Å². The van der Waals surface area contributed by atoms with Gasteiger partial charge in [-0.15, -0.1) is 0 Å². The van der Waals surface area contributed by atoms with Crippen LogP contribution in [0.25, 0.3) is 5.57 Å². The molecule has 1 fully saturated rings. The third-order valence-electron chi connectivity index (χ3n) is 6.80. The third kappa shape index (κ3) is 5.06. The van der Waals surface area contributed by atoms with Crippen LogP contribution in [0.15, 0.2) is 42.0 Å². The highest BCUT2D eigenvalue weighted by atomic mass is 19.4. The molecule has 0 radical (unpaired) electrons. The van der Waals surface area contributed by atoms with Gasteiger partial charge >= 0.3 is 12.3 Å². The van der Waals surface area contributed by atoms with E-state index in [4.69, 9.17) is 9.47 Å². The molecule has 2 atom stereocenters. The minimum absolute atomic E-state index is 0.300. The van der Waals surface area contributed by atoms with Crippen molar-refractivity contribution in [3.05, 3.63) is 69.8 Å². The number of benzene rings is 2. The van der Waals surface area contributed by atoms with E-state index in [1.807, 2.05) is 6.07 Å². The Hall–Kier alpha value is -3.29. The number of rotatable bonds is 6. The van der Waals surface area contributed by atoms with Gasteiger partial charge in [-0.25, -0.2) is 4.79 Å².